The molecule has 0 spiro atoms. The Morgan fingerprint density at radius 1 is 1.62 bits per heavy atom. The number of thiophene rings is 1. The molecule has 2 N–H and O–H groups in total. The molecule has 1 fully saturated rings. The van der Waals surface area contributed by atoms with Gasteiger partial charge in [-0.15, -0.1) is 0 Å². The number of aliphatic hydroxyl groups is 1. The van der Waals surface area contributed by atoms with Gasteiger partial charge in [-0.1, -0.05) is 0 Å². The van der Waals surface area contributed by atoms with Crippen LogP contribution in [0.3, 0.4) is 0 Å². The van der Waals surface area contributed by atoms with Crippen LogP contribution in [-0.4, -0.2) is 17.8 Å². The summed E-state index contributed by atoms with van der Waals surface area (Å²) in [5, 5.41) is 17.0. The second-order valence-corrected chi connectivity index (χ2v) is 4.45. The summed E-state index contributed by atoms with van der Waals surface area (Å²) in [6.07, 6.45) is 2.29. The molecule has 0 radical (unpaired) electrons. The second kappa shape index (κ2) is 4.22. The van der Waals surface area contributed by atoms with E-state index >= 15 is 0 Å². The molecular weight excluding hydrogens is 182 g/mol. The first kappa shape index (κ1) is 9.19. The van der Waals surface area contributed by atoms with Crippen molar-refractivity contribution in [1.29, 1.82) is 0 Å². The van der Waals surface area contributed by atoms with Crippen molar-refractivity contribution in [2.24, 2.45) is 5.92 Å². The Morgan fingerprint density at radius 2 is 2.46 bits per heavy atom. The summed E-state index contributed by atoms with van der Waals surface area (Å²) in [5.74, 6) is 0.579. The van der Waals surface area contributed by atoms with Crippen molar-refractivity contribution in [1.82, 2.24) is 5.32 Å². The van der Waals surface area contributed by atoms with Crippen molar-refractivity contribution < 1.29 is 5.11 Å². The molecule has 13 heavy (non-hydrogen) atoms. The number of hydrogen-bond donors (Lipinski definition) is 2. The Bertz CT molecular complexity index is 243. The molecule has 3 heteroatoms. The third-order valence-electron chi connectivity index (χ3n) is 2.43. The molecule has 2 rings (SSSR count). The lowest BCUT2D eigenvalue weighted by atomic mass is 10.2. The molecule has 0 amide bonds. The fourth-order valence-electron chi connectivity index (χ4n) is 1.41. The molecule has 1 aliphatic carbocycles. The van der Waals surface area contributed by atoms with Crippen molar-refractivity contribution in [2.75, 3.05) is 6.54 Å². The summed E-state index contributed by atoms with van der Waals surface area (Å²) in [7, 11) is 0. The summed E-state index contributed by atoms with van der Waals surface area (Å²) in [6.45, 7) is 1.62. The van der Waals surface area contributed by atoms with Crippen LogP contribution < -0.4 is 5.32 Å². The predicted octanol–water partition coefficient (Wildman–Crippen LogP) is 1.61. The lowest BCUT2D eigenvalue weighted by Crippen LogP contribution is -2.27. The van der Waals surface area contributed by atoms with E-state index in [1.807, 2.05) is 0 Å². The van der Waals surface area contributed by atoms with E-state index in [1.165, 1.54) is 18.4 Å². The fourth-order valence-corrected chi connectivity index (χ4v) is 2.07. The quantitative estimate of drug-likeness (QED) is 0.751. The molecular formula is C10H15NOS. The van der Waals surface area contributed by atoms with Crippen LogP contribution in [0.15, 0.2) is 16.8 Å². The van der Waals surface area contributed by atoms with Gasteiger partial charge < -0.3 is 10.4 Å². The lowest BCUT2D eigenvalue weighted by molar-refractivity contribution is 0.148. The van der Waals surface area contributed by atoms with Gasteiger partial charge in [-0.25, -0.2) is 0 Å². The summed E-state index contributed by atoms with van der Waals surface area (Å²) < 4.78 is 0. The minimum atomic E-state index is -0.126. The summed E-state index contributed by atoms with van der Waals surface area (Å²) in [4.78, 5) is 0. The molecule has 0 saturated heterocycles. The fraction of sp³-hybridized carbons (Fsp3) is 0.600. The van der Waals surface area contributed by atoms with Gasteiger partial charge in [-0.3, -0.25) is 0 Å². The maximum Gasteiger partial charge on any atom is 0.0692 e. The van der Waals surface area contributed by atoms with E-state index in [2.05, 4.69) is 22.1 Å². The monoisotopic (exact) mass is 197 g/mol. The molecule has 1 aliphatic rings. The molecule has 0 aliphatic heterocycles. The van der Waals surface area contributed by atoms with E-state index in [4.69, 9.17) is 0 Å². The van der Waals surface area contributed by atoms with Gasteiger partial charge in [0.25, 0.3) is 0 Å². The van der Waals surface area contributed by atoms with Crippen LogP contribution in [0.1, 0.15) is 18.4 Å². The summed E-state index contributed by atoms with van der Waals surface area (Å²) in [5.41, 5.74) is 1.31. The molecule has 1 atom stereocenters. The van der Waals surface area contributed by atoms with Gasteiger partial charge in [0, 0.05) is 13.1 Å². The van der Waals surface area contributed by atoms with E-state index < -0.39 is 0 Å². The highest BCUT2D eigenvalue weighted by molar-refractivity contribution is 7.07. The van der Waals surface area contributed by atoms with Crippen molar-refractivity contribution in [3.63, 3.8) is 0 Å². The van der Waals surface area contributed by atoms with Crippen LogP contribution in [0.4, 0.5) is 0 Å². The molecule has 0 aromatic carbocycles. The van der Waals surface area contributed by atoms with Crippen LogP contribution in [0.5, 0.6) is 0 Å². The molecule has 0 bridgehead atoms. The number of aliphatic hydroxyl groups excluding tert-OH is 1. The van der Waals surface area contributed by atoms with Crippen LogP contribution in [0.2, 0.25) is 0 Å². The van der Waals surface area contributed by atoms with Gasteiger partial charge in [-0.2, -0.15) is 11.3 Å². The van der Waals surface area contributed by atoms with E-state index in [-0.39, 0.29) is 6.10 Å². The number of hydrogen-bond acceptors (Lipinski definition) is 3. The van der Waals surface area contributed by atoms with Crippen LogP contribution in [0, 0.1) is 5.92 Å². The molecule has 2 nitrogen and oxygen atoms in total. The van der Waals surface area contributed by atoms with Crippen LogP contribution in [0.25, 0.3) is 0 Å². The molecule has 1 heterocycles. The zero-order chi connectivity index (χ0) is 9.10. The number of rotatable bonds is 5. The van der Waals surface area contributed by atoms with Gasteiger partial charge in [0.15, 0.2) is 0 Å². The standard InChI is InChI=1S/C10H15NOS/c12-10(9-1-2-9)6-11-5-8-3-4-13-7-8/h3-4,7,9-12H,1-2,5-6H2. The maximum absolute atomic E-state index is 9.56. The molecule has 72 valence electrons. The second-order valence-electron chi connectivity index (χ2n) is 3.67. The van der Waals surface area contributed by atoms with Crippen molar-refractivity contribution in [2.45, 2.75) is 25.5 Å². The largest absolute Gasteiger partial charge is 0.392 e. The highest BCUT2D eigenvalue weighted by atomic mass is 32.1. The highest BCUT2D eigenvalue weighted by Crippen LogP contribution is 2.32. The smallest absolute Gasteiger partial charge is 0.0692 e. The Balaban J connectivity index is 1.63. The average Bonchev–Trinajstić information content (AvgIpc) is 2.86. The zero-order valence-electron chi connectivity index (χ0n) is 7.57. The number of nitrogens with one attached hydrogen (secondary N) is 1. The Labute approximate surface area is 82.6 Å². The van der Waals surface area contributed by atoms with E-state index in [9.17, 15) is 5.11 Å². The van der Waals surface area contributed by atoms with Gasteiger partial charge in [0.2, 0.25) is 0 Å². The minimum absolute atomic E-state index is 0.126. The zero-order valence-corrected chi connectivity index (χ0v) is 8.39. The van der Waals surface area contributed by atoms with Crippen molar-refractivity contribution in [3.05, 3.63) is 22.4 Å². The Hall–Kier alpha value is -0.380. The molecule has 1 saturated carbocycles. The first-order valence-electron chi connectivity index (χ1n) is 4.76. The van der Waals surface area contributed by atoms with E-state index in [0.29, 0.717) is 5.92 Å². The van der Waals surface area contributed by atoms with Crippen LogP contribution in [-0.2, 0) is 6.54 Å². The van der Waals surface area contributed by atoms with E-state index in [1.54, 1.807) is 11.3 Å². The van der Waals surface area contributed by atoms with Gasteiger partial charge in [0.1, 0.15) is 0 Å². The van der Waals surface area contributed by atoms with Crippen molar-refractivity contribution >= 4 is 11.3 Å². The molecule has 1 aromatic heterocycles. The first-order chi connectivity index (χ1) is 6.36. The molecule has 1 unspecified atom stereocenters. The third-order valence-corrected chi connectivity index (χ3v) is 3.16. The Kier molecular flexibility index (Phi) is 2.98. The van der Waals surface area contributed by atoms with Gasteiger partial charge in [0.05, 0.1) is 6.10 Å². The SMILES string of the molecule is OC(CNCc1ccsc1)C1CC1. The van der Waals surface area contributed by atoms with Crippen molar-refractivity contribution in [3.8, 4) is 0 Å². The lowest BCUT2D eigenvalue weighted by Gasteiger charge is -2.09. The van der Waals surface area contributed by atoms with Gasteiger partial charge in [-0.05, 0) is 41.1 Å². The summed E-state index contributed by atoms with van der Waals surface area (Å²) >= 11 is 1.71. The average molecular weight is 197 g/mol. The predicted molar refractivity (Wildman–Crippen MR) is 54.8 cm³/mol. The molecule has 1 aromatic rings. The topological polar surface area (TPSA) is 32.3 Å². The van der Waals surface area contributed by atoms with Gasteiger partial charge >= 0.3 is 0 Å². The summed E-state index contributed by atoms with van der Waals surface area (Å²) in [6, 6.07) is 2.11. The minimum Gasteiger partial charge on any atom is -0.392 e. The normalized spacial score (nSPS) is 18.8. The highest BCUT2D eigenvalue weighted by Gasteiger charge is 2.28. The van der Waals surface area contributed by atoms with Crippen LogP contribution >= 0.6 is 11.3 Å². The third kappa shape index (κ3) is 2.79. The maximum atomic E-state index is 9.56. The Morgan fingerprint density at radius 3 is 3.08 bits per heavy atom. The van der Waals surface area contributed by atoms with E-state index in [0.717, 1.165) is 13.1 Å². The first-order valence-corrected chi connectivity index (χ1v) is 5.70.